The fraction of sp³-hybridized carbons (Fsp3) is 0.750. The Morgan fingerprint density at radius 3 is 2.60 bits per heavy atom. The van der Waals surface area contributed by atoms with Crippen LogP contribution in [-0.2, 0) is 0 Å². The Hall–Kier alpha value is -1.32. The second-order valence-corrected chi connectivity index (χ2v) is 6.37. The van der Waals surface area contributed by atoms with Crippen LogP contribution in [0, 0.1) is 12.3 Å². The standard InChI is InChI=1S/C16H28N4/c1-4-10-17-15-19-13(2)11-14(20-15)18-12-16(3)8-6-5-7-9-16/h11H,4-10,12H2,1-3H3,(H2,17,18,19,20). The minimum atomic E-state index is 0.425. The molecule has 4 heteroatoms. The lowest BCUT2D eigenvalue weighted by Crippen LogP contribution is -2.29. The van der Waals surface area contributed by atoms with Crippen molar-refractivity contribution in [2.45, 2.75) is 59.3 Å². The number of aryl methyl sites for hydroxylation is 1. The van der Waals surface area contributed by atoms with Crippen molar-refractivity contribution in [1.82, 2.24) is 9.97 Å². The van der Waals surface area contributed by atoms with Crippen molar-refractivity contribution >= 4 is 11.8 Å². The number of rotatable bonds is 6. The van der Waals surface area contributed by atoms with Gasteiger partial charge in [0.25, 0.3) is 0 Å². The molecule has 20 heavy (non-hydrogen) atoms. The van der Waals surface area contributed by atoms with Gasteiger partial charge in [0.05, 0.1) is 0 Å². The van der Waals surface area contributed by atoms with Crippen LogP contribution in [-0.4, -0.2) is 23.1 Å². The number of hydrogen-bond donors (Lipinski definition) is 2. The van der Waals surface area contributed by atoms with Crippen LogP contribution in [0.3, 0.4) is 0 Å². The lowest BCUT2D eigenvalue weighted by atomic mass is 9.76. The molecule has 0 amide bonds. The Bertz CT molecular complexity index is 424. The van der Waals surface area contributed by atoms with Crippen LogP contribution in [0.5, 0.6) is 0 Å². The van der Waals surface area contributed by atoms with E-state index in [1.54, 1.807) is 0 Å². The first-order valence-corrected chi connectivity index (χ1v) is 7.95. The maximum Gasteiger partial charge on any atom is 0.224 e. The Balaban J connectivity index is 1.96. The molecule has 1 saturated carbocycles. The van der Waals surface area contributed by atoms with Gasteiger partial charge in [0.1, 0.15) is 5.82 Å². The van der Waals surface area contributed by atoms with Gasteiger partial charge in [-0.05, 0) is 31.6 Å². The minimum absolute atomic E-state index is 0.425. The molecule has 0 unspecified atom stereocenters. The molecule has 0 aromatic carbocycles. The van der Waals surface area contributed by atoms with Crippen molar-refractivity contribution in [3.05, 3.63) is 11.8 Å². The highest BCUT2D eigenvalue weighted by Crippen LogP contribution is 2.35. The Kier molecular flexibility index (Phi) is 5.21. The number of anilines is 2. The van der Waals surface area contributed by atoms with E-state index in [-0.39, 0.29) is 0 Å². The average molecular weight is 276 g/mol. The third-order valence-electron chi connectivity index (χ3n) is 4.14. The van der Waals surface area contributed by atoms with E-state index in [9.17, 15) is 0 Å². The average Bonchev–Trinajstić information content (AvgIpc) is 2.43. The first-order valence-electron chi connectivity index (χ1n) is 7.95. The highest BCUT2D eigenvalue weighted by Gasteiger charge is 2.26. The molecular weight excluding hydrogens is 248 g/mol. The smallest absolute Gasteiger partial charge is 0.224 e. The van der Waals surface area contributed by atoms with Gasteiger partial charge in [-0.2, -0.15) is 4.98 Å². The number of aromatic nitrogens is 2. The number of nitrogens with one attached hydrogen (secondary N) is 2. The van der Waals surface area contributed by atoms with Gasteiger partial charge < -0.3 is 10.6 Å². The van der Waals surface area contributed by atoms with Crippen LogP contribution in [0.25, 0.3) is 0 Å². The molecule has 0 bridgehead atoms. The quantitative estimate of drug-likeness (QED) is 0.825. The van der Waals surface area contributed by atoms with Gasteiger partial charge in [-0.25, -0.2) is 4.98 Å². The highest BCUT2D eigenvalue weighted by molar-refractivity contribution is 5.42. The SMILES string of the molecule is CCCNc1nc(C)cc(NCC2(C)CCCCC2)n1. The second-order valence-electron chi connectivity index (χ2n) is 6.37. The molecule has 0 saturated heterocycles. The largest absolute Gasteiger partial charge is 0.369 e. The summed E-state index contributed by atoms with van der Waals surface area (Å²) in [6.07, 6.45) is 7.86. The van der Waals surface area contributed by atoms with Gasteiger partial charge in [0, 0.05) is 24.8 Å². The minimum Gasteiger partial charge on any atom is -0.369 e. The molecule has 112 valence electrons. The lowest BCUT2D eigenvalue weighted by molar-refractivity contribution is 0.233. The summed E-state index contributed by atoms with van der Waals surface area (Å²) in [5, 5.41) is 6.78. The molecule has 0 spiro atoms. The maximum absolute atomic E-state index is 4.55. The summed E-state index contributed by atoms with van der Waals surface area (Å²) in [6.45, 7) is 8.49. The molecule has 0 atom stereocenters. The summed E-state index contributed by atoms with van der Waals surface area (Å²) < 4.78 is 0. The molecule has 2 rings (SSSR count). The van der Waals surface area contributed by atoms with Crippen molar-refractivity contribution in [2.75, 3.05) is 23.7 Å². The Labute approximate surface area is 122 Å². The first kappa shape index (κ1) is 15.1. The van der Waals surface area contributed by atoms with Gasteiger partial charge in [-0.1, -0.05) is 33.1 Å². The molecule has 4 nitrogen and oxygen atoms in total. The maximum atomic E-state index is 4.55. The van der Waals surface area contributed by atoms with Crippen molar-refractivity contribution in [3.63, 3.8) is 0 Å². The van der Waals surface area contributed by atoms with Gasteiger partial charge in [0.15, 0.2) is 0 Å². The van der Waals surface area contributed by atoms with E-state index in [0.717, 1.165) is 37.0 Å². The first-order chi connectivity index (χ1) is 9.61. The van der Waals surface area contributed by atoms with Gasteiger partial charge in [0.2, 0.25) is 5.95 Å². The third-order valence-corrected chi connectivity index (χ3v) is 4.14. The lowest BCUT2D eigenvalue weighted by Gasteiger charge is -2.33. The van der Waals surface area contributed by atoms with E-state index in [4.69, 9.17) is 0 Å². The summed E-state index contributed by atoms with van der Waals surface area (Å²) in [5.41, 5.74) is 1.43. The zero-order valence-corrected chi connectivity index (χ0v) is 13.1. The summed E-state index contributed by atoms with van der Waals surface area (Å²) in [6, 6.07) is 2.03. The number of nitrogens with zero attached hydrogens (tertiary/aromatic N) is 2. The predicted molar refractivity (Wildman–Crippen MR) is 85.2 cm³/mol. The topological polar surface area (TPSA) is 49.8 Å². The van der Waals surface area contributed by atoms with E-state index in [0.29, 0.717) is 5.41 Å². The van der Waals surface area contributed by atoms with Gasteiger partial charge in [-0.15, -0.1) is 0 Å². The summed E-state index contributed by atoms with van der Waals surface area (Å²) >= 11 is 0. The molecule has 2 N–H and O–H groups in total. The van der Waals surface area contributed by atoms with Crippen LogP contribution >= 0.6 is 0 Å². The van der Waals surface area contributed by atoms with E-state index >= 15 is 0 Å². The monoisotopic (exact) mass is 276 g/mol. The van der Waals surface area contributed by atoms with Crippen molar-refractivity contribution in [1.29, 1.82) is 0 Å². The molecule has 1 aliphatic carbocycles. The van der Waals surface area contributed by atoms with Crippen molar-refractivity contribution in [2.24, 2.45) is 5.41 Å². The second kappa shape index (κ2) is 6.91. The fourth-order valence-electron chi connectivity index (χ4n) is 2.86. The predicted octanol–water partition coefficient (Wildman–Crippen LogP) is 3.99. The molecule has 0 radical (unpaired) electrons. The van der Waals surface area contributed by atoms with E-state index < -0.39 is 0 Å². The summed E-state index contributed by atoms with van der Waals surface area (Å²) in [5.74, 6) is 1.69. The molecule has 1 aliphatic rings. The summed E-state index contributed by atoms with van der Waals surface area (Å²) in [7, 11) is 0. The molecule has 1 heterocycles. The highest BCUT2D eigenvalue weighted by atomic mass is 15.1. The Morgan fingerprint density at radius 2 is 1.90 bits per heavy atom. The zero-order valence-electron chi connectivity index (χ0n) is 13.1. The molecule has 1 fully saturated rings. The zero-order chi connectivity index (χ0) is 14.4. The molecule has 1 aromatic rings. The van der Waals surface area contributed by atoms with Crippen LogP contribution in [0.4, 0.5) is 11.8 Å². The number of hydrogen-bond acceptors (Lipinski definition) is 4. The van der Waals surface area contributed by atoms with Gasteiger partial charge >= 0.3 is 0 Å². The van der Waals surface area contributed by atoms with Crippen LogP contribution < -0.4 is 10.6 Å². The molecule has 1 aromatic heterocycles. The van der Waals surface area contributed by atoms with E-state index in [1.165, 1.54) is 32.1 Å². The van der Waals surface area contributed by atoms with Crippen molar-refractivity contribution in [3.8, 4) is 0 Å². The van der Waals surface area contributed by atoms with Crippen LogP contribution in [0.1, 0.15) is 58.1 Å². The van der Waals surface area contributed by atoms with E-state index in [1.807, 2.05) is 13.0 Å². The third kappa shape index (κ3) is 4.36. The van der Waals surface area contributed by atoms with Gasteiger partial charge in [-0.3, -0.25) is 0 Å². The fourth-order valence-corrected chi connectivity index (χ4v) is 2.86. The van der Waals surface area contributed by atoms with Crippen LogP contribution in [0.2, 0.25) is 0 Å². The van der Waals surface area contributed by atoms with Crippen molar-refractivity contribution < 1.29 is 0 Å². The molecule has 0 aliphatic heterocycles. The van der Waals surface area contributed by atoms with E-state index in [2.05, 4.69) is 34.4 Å². The normalized spacial score (nSPS) is 17.8. The summed E-state index contributed by atoms with van der Waals surface area (Å²) in [4.78, 5) is 8.97. The van der Waals surface area contributed by atoms with Crippen LogP contribution in [0.15, 0.2) is 6.07 Å². The Morgan fingerprint density at radius 1 is 1.15 bits per heavy atom. The molecular formula is C16H28N4.